The van der Waals surface area contributed by atoms with Crippen molar-refractivity contribution in [2.45, 2.75) is 24.5 Å². The lowest BCUT2D eigenvalue weighted by Crippen LogP contribution is -2.01. The minimum atomic E-state index is 0.860. The van der Waals surface area contributed by atoms with E-state index in [0.717, 1.165) is 32.9 Å². The van der Waals surface area contributed by atoms with E-state index >= 15 is 0 Å². The van der Waals surface area contributed by atoms with Crippen LogP contribution in [-0.2, 0) is 5.75 Å². The molecule has 0 fully saturated rings. The minimum absolute atomic E-state index is 0.860. The molecule has 1 aromatic heterocycles. The van der Waals surface area contributed by atoms with Crippen LogP contribution in [0.1, 0.15) is 16.7 Å². The molecule has 1 aliphatic heterocycles. The van der Waals surface area contributed by atoms with Gasteiger partial charge in [0.25, 0.3) is 0 Å². The fourth-order valence-electron chi connectivity index (χ4n) is 2.84. The maximum Gasteiger partial charge on any atom is 0.0776 e. The largest absolute Gasteiger partial charge is 0.247 e. The molecule has 3 heteroatoms. The monoisotopic (exact) mass is 311 g/mol. The Hall–Kier alpha value is -1.51. The first-order valence-electron chi connectivity index (χ1n) is 6.96. The Morgan fingerprint density at radius 3 is 2.67 bits per heavy atom. The highest BCUT2D eigenvalue weighted by molar-refractivity contribution is 7.98. The molecule has 2 heterocycles. The molecule has 0 aliphatic carbocycles. The molecule has 0 bridgehead atoms. The Morgan fingerprint density at radius 2 is 1.81 bits per heavy atom. The molecule has 0 saturated carbocycles. The zero-order valence-electron chi connectivity index (χ0n) is 11.9. The SMILES string of the molecule is Cc1ccc2c(c1)-c1nc3ccc(C)cc3c(Cl)c1CS2. The van der Waals surface area contributed by atoms with Crippen LogP contribution in [0.4, 0.5) is 0 Å². The highest BCUT2D eigenvalue weighted by atomic mass is 35.5. The lowest BCUT2D eigenvalue weighted by atomic mass is 10.0. The molecule has 1 aliphatic rings. The fourth-order valence-corrected chi connectivity index (χ4v) is 4.28. The van der Waals surface area contributed by atoms with Crippen LogP contribution in [0.2, 0.25) is 5.02 Å². The number of aromatic nitrogens is 1. The summed E-state index contributed by atoms with van der Waals surface area (Å²) in [6.07, 6.45) is 0. The number of hydrogen-bond donors (Lipinski definition) is 0. The lowest BCUT2D eigenvalue weighted by molar-refractivity contribution is 1.23. The number of thioether (sulfide) groups is 1. The molecule has 0 saturated heterocycles. The number of hydrogen-bond acceptors (Lipinski definition) is 2. The number of nitrogens with zero attached hydrogens (tertiary/aromatic N) is 1. The summed E-state index contributed by atoms with van der Waals surface area (Å²) in [6.45, 7) is 4.20. The van der Waals surface area contributed by atoms with Crippen molar-refractivity contribution in [3.05, 3.63) is 58.1 Å². The molecule has 104 valence electrons. The second-order valence-corrected chi connectivity index (χ2v) is 6.96. The Morgan fingerprint density at radius 1 is 1.05 bits per heavy atom. The Kier molecular flexibility index (Phi) is 2.98. The number of fused-ring (bicyclic) bond motifs is 4. The number of pyridine rings is 1. The molecule has 1 nitrogen and oxygen atoms in total. The van der Waals surface area contributed by atoms with Crippen molar-refractivity contribution in [2.24, 2.45) is 0 Å². The first kappa shape index (κ1) is 13.2. The van der Waals surface area contributed by atoms with E-state index < -0.39 is 0 Å². The first-order valence-corrected chi connectivity index (χ1v) is 8.32. The summed E-state index contributed by atoms with van der Waals surface area (Å²) in [5, 5.41) is 1.92. The third-order valence-corrected chi connectivity index (χ3v) is 5.47. The van der Waals surface area contributed by atoms with Gasteiger partial charge in [0.05, 0.1) is 16.2 Å². The summed E-state index contributed by atoms with van der Waals surface area (Å²) in [7, 11) is 0. The standard InChI is InChI=1S/C18H14ClNS/c1-10-3-5-15-12(7-10)17(19)14-9-21-16-6-4-11(2)8-13(16)18(14)20-15/h3-8H,9H2,1-2H3. The zero-order valence-corrected chi connectivity index (χ0v) is 13.5. The fraction of sp³-hybridized carbons (Fsp3) is 0.167. The van der Waals surface area contributed by atoms with E-state index in [4.69, 9.17) is 16.6 Å². The van der Waals surface area contributed by atoms with E-state index in [2.05, 4.69) is 50.2 Å². The molecule has 0 radical (unpaired) electrons. The molecule has 0 N–H and O–H groups in total. The maximum absolute atomic E-state index is 6.68. The zero-order chi connectivity index (χ0) is 14.6. The second-order valence-electron chi connectivity index (χ2n) is 5.56. The van der Waals surface area contributed by atoms with Gasteiger partial charge in [0.15, 0.2) is 0 Å². The molecule has 2 aromatic carbocycles. The number of benzene rings is 2. The number of aryl methyl sites for hydroxylation is 2. The van der Waals surface area contributed by atoms with Gasteiger partial charge >= 0.3 is 0 Å². The minimum Gasteiger partial charge on any atom is -0.247 e. The Bertz CT molecular complexity index is 886. The van der Waals surface area contributed by atoms with Crippen molar-refractivity contribution in [1.82, 2.24) is 4.98 Å². The van der Waals surface area contributed by atoms with E-state index in [1.165, 1.54) is 21.6 Å². The van der Waals surface area contributed by atoms with Crippen LogP contribution in [0.5, 0.6) is 0 Å². The highest BCUT2D eigenvalue weighted by Gasteiger charge is 2.22. The molecule has 0 amide bonds. The van der Waals surface area contributed by atoms with Gasteiger partial charge in [-0.15, -0.1) is 11.8 Å². The van der Waals surface area contributed by atoms with Crippen LogP contribution >= 0.6 is 23.4 Å². The van der Waals surface area contributed by atoms with Crippen molar-refractivity contribution < 1.29 is 0 Å². The average Bonchev–Trinajstić information content (AvgIpc) is 2.48. The van der Waals surface area contributed by atoms with E-state index in [0.29, 0.717) is 0 Å². The van der Waals surface area contributed by atoms with E-state index in [1.54, 1.807) is 0 Å². The quantitative estimate of drug-likeness (QED) is 0.522. The third kappa shape index (κ3) is 2.05. The summed E-state index contributed by atoms with van der Waals surface area (Å²) in [5.74, 6) is 0.890. The highest BCUT2D eigenvalue weighted by Crippen LogP contribution is 2.45. The number of rotatable bonds is 0. The van der Waals surface area contributed by atoms with Crippen molar-refractivity contribution in [3.63, 3.8) is 0 Å². The van der Waals surface area contributed by atoms with Gasteiger partial charge in [-0.05, 0) is 38.1 Å². The van der Waals surface area contributed by atoms with Crippen molar-refractivity contribution >= 4 is 34.3 Å². The lowest BCUT2D eigenvalue weighted by Gasteiger charge is -2.21. The van der Waals surface area contributed by atoms with Gasteiger partial charge in [-0.25, -0.2) is 4.98 Å². The predicted molar refractivity (Wildman–Crippen MR) is 91.2 cm³/mol. The topological polar surface area (TPSA) is 12.9 Å². The van der Waals surface area contributed by atoms with Crippen LogP contribution in [0.15, 0.2) is 41.3 Å². The van der Waals surface area contributed by atoms with Crippen LogP contribution in [-0.4, -0.2) is 4.98 Å². The normalized spacial score (nSPS) is 13.1. The summed E-state index contributed by atoms with van der Waals surface area (Å²) < 4.78 is 0. The van der Waals surface area contributed by atoms with Crippen LogP contribution in [0, 0.1) is 13.8 Å². The van der Waals surface area contributed by atoms with Gasteiger partial charge < -0.3 is 0 Å². The molecule has 0 spiro atoms. The average molecular weight is 312 g/mol. The summed E-state index contributed by atoms with van der Waals surface area (Å²) in [4.78, 5) is 6.20. The molecule has 0 unspecified atom stereocenters. The third-order valence-electron chi connectivity index (χ3n) is 3.93. The predicted octanol–water partition coefficient (Wildman–Crippen LogP) is 5.78. The van der Waals surface area contributed by atoms with Gasteiger partial charge in [0.2, 0.25) is 0 Å². The van der Waals surface area contributed by atoms with E-state index in [-0.39, 0.29) is 0 Å². The van der Waals surface area contributed by atoms with Crippen LogP contribution < -0.4 is 0 Å². The molecule has 21 heavy (non-hydrogen) atoms. The van der Waals surface area contributed by atoms with E-state index in [9.17, 15) is 0 Å². The van der Waals surface area contributed by atoms with Crippen molar-refractivity contribution in [2.75, 3.05) is 0 Å². The van der Waals surface area contributed by atoms with Gasteiger partial charge in [0, 0.05) is 27.2 Å². The van der Waals surface area contributed by atoms with Crippen molar-refractivity contribution in [3.8, 4) is 11.3 Å². The van der Waals surface area contributed by atoms with Gasteiger partial charge in [-0.2, -0.15) is 0 Å². The van der Waals surface area contributed by atoms with Gasteiger partial charge in [0.1, 0.15) is 0 Å². The smallest absolute Gasteiger partial charge is 0.0776 e. The summed E-state index contributed by atoms with van der Waals surface area (Å²) in [5.41, 5.74) is 6.87. The first-order chi connectivity index (χ1) is 10.1. The van der Waals surface area contributed by atoms with Gasteiger partial charge in [-0.3, -0.25) is 0 Å². The number of halogens is 1. The Labute approximate surface area is 133 Å². The molecular weight excluding hydrogens is 298 g/mol. The van der Waals surface area contributed by atoms with Gasteiger partial charge in [-0.1, -0.05) is 34.9 Å². The molecule has 3 aromatic rings. The summed E-state index contributed by atoms with van der Waals surface area (Å²) in [6, 6.07) is 12.8. The molecular formula is C18H14ClNS. The second kappa shape index (κ2) is 4.75. The van der Waals surface area contributed by atoms with Crippen molar-refractivity contribution in [1.29, 1.82) is 0 Å². The molecule has 4 rings (SSSR count). The van der Waals surface area contributed by atoms with Crippen LogP contribution in [0.25, 0.3) is 22.2 Å². The summed E-state index contributed by atoms with van der Waals surface area (Å²) >= 11 is 8.53. The molecule has 0 atom stereocenters. The van der Waals surface area contributed by atoms with Crippen LogP contribution in [0.3, 0.4) is 0 Å². The maximum atomic E-state index is 6.68. The Balaban J connectivity index is 2.08. The van der Waals surface area contributed by atoms with E-state index in [1.807, 2.05) is 11.8 Å².